The highest BCUT2D eigenvalue weighted by Gasteiger charge is 2.23. The number of ether oxygens (including phenoxy) is 1. The molecule has 8 nitrogen and oxygen atoms in total. The highest BCUT2D eigenvalue weighted by atomic mass is 32.1. The van der Waals surface area contributed by atoms with Crippen molar-refractivity contribution in [1.82, 2.24) is 20.0 Å². The van der Waals surface area contributed by atoms with Crippen molar-refractivity contribution in [2.75, 3.05) is 7.05 Å². The quantitative estimate of drug-likeness (QED) is 0.486. The zero-order chi connectivity index (χ0) is 22.6. The first-order chi connectivity index (χ1) is 14.6. The molecule has 0 aliphatic heterocycles. The van der Waals surface area contributed by atoms with Crippen molar-refractivity contribution in [2.45, 2.75) is 65.0 Å². The number of carbonyl (C=O) groups excluding carboxylic acids is 2. The van der Waals surface area contributed by atoms with Crippen molar-refractivity contribution in [2.24, 2.45) is 0 Å². The predicted octanol–water partition coefficient (Wildman–Crippen LogP) is 3.89. The SMILES string of the molecule is CC(OC(=O)CCCc1nc(C(C)(C)C)no1)C(=O)N(C)Cc1nc2ccccc2s1. The predicted molar refractivity (Wildman–Crippen MR) is 118 cm³/mol. The molecule has 0 aliphatic carbocycles. The highest BCUT2D eigenvalue weighted by molar-refractivity contribution is 7.18. The summed E-state index contributed by atoms with van der Waals surface area (Å²) < 4.78 is 11.6. The Morgan fingerprint density at radius 3 is 2.65 bits per heavy atom. The Hall–Kier alpha value is -2.81. The van der Waals surface area contributed by atoms with E-state index in [0.29, 0.717) is 31.1 Å². The van der Waals surface area contributed by atoms with Crippen molar-refractivity contribution >= 4 is 33.4 Å². The van der Waals surface area contributed by atoms with E-state index in [2.05, 4.69) is 15.1 Å². The summed E-state index contributed by atoms with van der Waals surface area (Å²) in [5.74, 6) is 0.446. The fraction of sp³-hybridized carbons (Fsp3) is 0.500. The Morgan fingerprint density at radius 2 is 1.97 bits per heavy atom. The van der Waals surface area contributed by atoms with Gasteiger partial charge < -0.3 is 14.2 Å². The molecule has 166 valence electrons. The third-order valence-corrected chi connectivity index (χ3v) is 5.67. The van der Waals surface area contributed by atoms with Gasteiger partial charge in [-0.05, 0) is 25.5 Å². The lowest BCUT2D eigenvalue weighted by atomic mass is 9.96. The van der Waals surface area contributed by atoms with Gasteiger partial charge in [0.25, 0.3) is 5.91 Å². The van der Waals surface area contributed by atoms with Crippen molar-refractivity contribution in [1.29, 1.82) is 0 Å². The van der Waals surface area contributed by atoms with Crippen LogP contribution in [0.4, 0.5) is 0 Å². The third kappa shape index (κ3) is 6.10. The molecular formula is C22H28N4O4S. The number of esters is 1. The molecule has 0 spiro atoms. The number of thiazole rings is 1. The van der Waals surface area contributed by atoms with Gasteiger partial charge in [0, 0.05) is 25.3 Å². The molecule has 2 heterocycles. The van der Waals surface area contributed by atoms with Crippen LogP contribution in [0.15, 0.2) is 28.8 Å². The summed E-state index contributed by atoms with van der Waals surface area (Å²) in [6.45, 7) is 7.97. The molecule has 2 aromatic heterocycles. The van der Waals surface area contributed by atoms with Gasteiger partial charge in [-0.25, -0.2) is 4.98 Å². The van der Waals surface area contributed by atoms with Crippen molar-refractivity contribution < 1.29 is 18.8 Å². The zero-order valence-electron chi connectivity index (χ0n) is 18.5. The Kier molecular flexibility index (Phi) is 7.04. The number of aryl methyl sites for hydroxylation is 1. The van der Waals surface area contributed by atoms with Gasteiger partial charge in [0.15, 0.2) is 11.9 Å². The van der Waals surface area contributed by atoms with Crippen LogP contribution in [-0.4, -0.2) is 45.1 Å². The van der Waals surface area contributed by atoms with Gasteiger partial charge in [-0.3, -0.25) is 9.59 Å². The minimum atomic E-state index is -0.859. The minimum Gasteiger partial charge on any atom is -0.453 e. The molecule has 3 aromatic rings. The van der Waals surface area contributed by atoms with Crippen LogP contribution < -0.4 is 0 Å². The number of rotatable bonds is 8. The molecule has 0 saturated carbocycles. The largest absolute Gasteiger partial charge is 0.453 e. The standard InChI is InChI=1S/C22H28N4O4S/c1-14(20(28)26(5)13-18-23-15-9-6-7-10-16(15)31-18)29-19(27)12-8-11-17-24-21(25-30-17)22(2,3)4/h6-7,9-10,14H,8,11-13H2,1-5H3. The maximum absolute atomic E-state index is 12.6. The van der Waals surface area contributed by atoms with Crippen LogP contribution in [0.5, 0.6) is 0 Å². The minimum absolute atomic E-state index is 0.173. The topological polar surface area (TPSA) is 98.4 Å². The van der Waals surface area contributed by atoms with E-state index < -0.39 is 12.1 Å². The van der Waals surface area contributed by atoms with E-state index in [-0.39, 0.29) is 17.7 Å². The summed E-state index contributed by atoms with van der Waals surface area (Å²) in [5, 5.41) is 4.81. The van der Waals surface area contributed by atoms with Gasteiger partial charge >= 0.3 is 5.97 Å². The van der Waals surface area contributed by atoms with Crippen LogP contribution in [0.1, 0.15) is 57.3 Å². The summed E-state index contributed by atoms with van der Waals surface area (Å²) in [4.78, 5) is 35.1. The van der Waals surface area contributed by atoms with Crippen LogP contribution in [0, 0.1) is 0 Å². The normalized spacial score (nSPS) is 12.7. The lowest BCUT2D eigenvalue weighted by molar-refractivity contribution is -0.158. The molecule has 1 amide bonds. The van der Waals surface area contributed by atoms with Gasteiger partial charge in [-0.15, -0.1) is 11.3 Å². The average molecular weight is 445 g/mol. The number of hydrogen-bond donors (Lipinski definition) is 0. The maximum Gasteiger partial charge on any atom is 0.306 e. The summed E-state index contributed by atoms with van der Waals surface area (Å²) in [6, 6.07) is 7.84. The van der Waals surface area contributed by atoms with E-state index in [4.69, 9.17) is 9.26 Å². The summed E-state index contributed by atoms with van der Waals surface area (Å²) in [6.07, 6.45) is 0.306. The van der Waals surface area contributed by atoms with Gasteiger partial charge in [0.1, 0.15) is 5.01 Å². The van der Waals surface area contributed by atoms with Crippen LogP contribution in [0.2, 0.25) is 0 Å². The number of nitrogens with zero attached hydrogens (tertiary/aromatic N) is 4. The number of likely N-dealkylation sites (N-methyl/N-ethyl adjacent to an activating group) is 1. The molecule has 3 rings (SSSR count). The van der Waals surface area contributed by atoms with Gasteiger partial charge in [0.2, 0.25) is 5.89 Å². The Bertz CT molecular complexity index is 1020. The molecule has 0 fully saturated rings. The molecule has 31 heavy (non-hydrogen) atoms. The zero-order valence-corrected chi connectivity index (χ0v) is 19.4. The molecule has 1 aromatic carbocycles. The number of carbonyl (C=O) groups is 2. The molecule has 0 N–H and O–H groups in total. The smallest absolute Gasteiger partial charge is 0.306 e. The van der Waals surface area contributed by atoms with Crippen LogP contribution in [0.3, 0.4) is 0 Å². The number of benzene rings is 1. The van der Waals surface area contributed by atoms with Crippen LogP contribution >= 0.6 is 11.3 Å². The van der Waals surface area contributed by atoms with Gasteiger partial charge in [-0.1, -0.05) is 38.1 Å². The molecule has 0 saturated heterocycles. The highest BCUT2D eigenvalue weighted by Crippen LogP contribution is 2.23. The number of aromatic nitrogens is 3. The summed E-state index contributed by atoms with van der Waals surface area (Å²) in [7, 11) is 1.68. The number of hydrogen-bond acceptors (Lipinski definition) is 8. The molecule has 1 unspecified atom stereocenters. The fourth-order valence-corrected chi connectivity index (χ4v) is 3.95. The first-order valence-corrected chi connectivity index (χ1v) is 11.1. The van der Waals surface area contributed by atoms with E-state index in [1.54, 1.807) is 25.3 Å². The first-order valence-electron chi connectivity index (χ1n) is 10.3. The maximum atomic E-state index is 12.6. The van der Waals surface area contributed by atoms with Gasteiger partial charge in [0.05, 0.1) is 16.8 Å². The van der Waals surface area contributed by atoms with Crippen LogP contribution in [0.25, 0.3) is 10.2 Å². The van der Waals surface area contributed by atoms with E-state index >= 15 is 0 Å². The van der Waals surface area contributed by atoms with Crippen LogP contribution in [-0.2, 0) is 32.7 Å². The second-order valence-electron chi connectivity index (χ2n) is 8.52. The van der Waals surface area contributed by atoms with Gasteiger partial charge in [-0.2, -0.15) is 4.98 Å². The Morgan fingerprint density at radius 1 is 1.23 bits per heavy atom. The van der Waals surface area contributed by atoms with E-state index in [1.807, 2.05) is 45.0 Å². The fourth-order valence-electron chi connectivity index (χ4n) is 2.93. The van der Waals surface area contributed by atoms with E-state index in [1.165, 1.54) is 4.90 Å². The average Bonchev–Trinajstić information content (AvgIpc) is 3.33. The molecule has 1 atom stereocenters. The lowest BCUT2D eigenvalue weighted by Gasteiger charge is -2.20. The molecule has 0 bridgehead atoms. The Balaban J connectivity index is 1.43. The third-order valence-electron chi connectivity index (χ3n) is 4.65. The van der Waals surface area contributed by atoms with Crippen molar-refractivity contribution in [3.63, 3.8) is 0 Å². The number of amides is 1. The second kappa shape index (κ2) is 9.55. The second-order valence-corrected chi connectivity index (χ2v) is 9.63. The van der Waals surface area contributed by atoms with E-state index in [0.717, 1.165) is 15.2 Å². The first kappa shape index (κ1) is 22.9. The van der Waals surface area contributed by atoms with Crippen molar-refractivity contribution in [3.8, 4) is 0 Å². The molecule has 0 radical (unpaired) electrons. The Labute approximate surface area is 185 Å². The monoisotopic (exact) mass is 444 g/mol. The molecular weight excluding hydrogens is 416 g/mol. The summed E-state index contributed by atoms with van der Waals surface area (Å²) in [5.41, 5.74) is 0.729. The van der Waals surface area contributed by atoms with E-state index in [9.17, 15) is 9.59 Å². The lowest BCUT2D eigenvalue weighted by Crippen LogP contribution is -2.37. The molecule has 9 heteroatoms. The molecule has 0 aliphatic rings. The van der Waals surface area contributed by atoms with Crippen molar-refractivity contribution in [3.05, 3.63) is 41.0 Å². The number of para-hydroxylation sites is 1. The number of fused-ring (bicyclic) bond motifs is 1. The summed E-state index contributed by atoms with van der Waals surface area (Å²) >= 11 is 1.55.